The number of hydrogen-bond donors (Lipinski definition) is 1. The minimum absolute atomic E-state index is 0.0793. The van der Waals surface area contributed by atoms with Crippen LogP contribution in [0.25, 0.3) is 11.0 Å². The molecule has 0 aliphatic carbocycles. The second kappa shape index (κ2) is 7.40. The largest absolute Gasteiger partial charge is 0.379 e. The topological polar surface area (TPSA) is 75.2 Å². The molecule has 2 amide bonds. The summed E-state index contributed by atoms with van der Waals surface area (Å²) in [4.78, 5) is 36.4. The van der Waals surface area contributed by atoms with Crippen LogP contribution in [0.15, 0.2) is 78.9 Å². The molecule has 2 heterocycles. The number of fused-ring (bicyclic) bond motifs is 2. The summed E-state index contributed by atoms with van der Waals surface area (Å²) in [6, 6.07) is 24.3. The zero-order valence-electron chi connectivity index (χ0n) is 16.1. The molecule has 0 atom stereocenters. The van der Waals surface area contributed by atoms with Crippen molar-refractivity contribution in [2.24, 2.45) is 0 Å². The summed E-state index contributed by atoms with van der Waals surface area (Å²) in [7, 11) is 0. The van der Waals surface area contributed by atoms with Crippen LogP contribution in [-0.2, 0) is 13.1 Å². The van der Waals surface area contributed by atoms with Crippen molar-refractivity contribution in [2.45, 2.75) is 13.1 Å². The second-order valence-electron chi connectivity index (χ2n) is 7.07. The van der Waals surface area contributed by atoms with Gasteiger partial charge in [-0.25, -0.2) is 9.97 Å². The van der Waals surface area contributed by atoms with Gasteiger partial charge in [0.25, 0.3) is 11.8 Å². The number of nitrogens with one attached hydrogen (secondary N) is 1. The first kappa shape index (κ1) is 18.0. The third kappa shape index (κ3) is 3.18. The van der Waals surface area contributed by atoms with E-state index in [9.17, 15) is 9.59 Å². The molecule has 1 N–H and O–H groups in total. The van der Waals surface area contributed by atoms with Gasteiger partial charge in [0.15, 0.2) is 0 Å². The molecule has 1 aliphatic rings. The third-order valence-electron chi connectivity index (χ3n) is 5.15. The molecule has 0 saturated carbocycles. The maximum Gasteiger partial charge on any atom is 0.261 e. The lowest BCUT2D eigenvalue weighted by atomic mass is 10.1. The minimum atomic E-state index is -0.299. The van der Waals surface area contributed by atoms with Gasteiger partial charge >= 0.3 is 0 Å². The zero-order chi connectivity index (χ0) is 20.5. The van der Waals surface area contributed by atoms with Crippen molar-refractivity contribution in [1.29, 1.82) is 0 Å². The quantitative estimate of drug-likeness (QED) is 0.517. The summed E-state index contributed by atoms with van der Waals surface area (Å²) in [6.45, 7) is 0.510. The lowest BCUT2D eigenvalue weighted by Crippen LogP contribution is -2.30. The van der Waals surface area contributed by atoms with E-state index in [1.807, 2.05) is 54.6 Å². The second-order valence-corrected chi connectivity index (χ2v) is 7.07. The molecule has 4 aromatic rings. The molecule has 0 bridgehead atoms. The monoisotopic (exact) mass is 394 g/mol. The summed E-state index contributed by atoms with van der Waals surface area (Å²) in [5.74, 6) is -0.597. The highest BCUT2D eigenvalue weighted by Crippen LogP contribution is 2.25. The molecule has 3 aromatic carbocycles. The Kier molecular flexibility index (Phi) is 4.44. The van der Waals surface area contributed by atoms with Crippen molar-refractivity contribution in [3.63, 3.8) is 0 Å². The summed E-state index contributed by atoms with van der Waals surface area (Å²) in [6.07, 6.45) is 0. The van der Waals surface area contributed by atoms with Crippen LogP contribution in [0.4, 0.5) is 5.69 Å². The molecular weight excluding hydrogens is 376 g/mol. The highest BCUT2D eigenvalue weighted by atomic mass is 16.2. The van der Waals surface area contributed by atoms with Crippen molar-refractivity contribution < 1.29 is 9.59 Å². The minimum Gasteiger partial charge on any atom is -0.379 e. The molecule has 5 rings (SSSR count). The molecule has 6 nitrogen and oxygen atoms in total. The third-order valence-corrected chi connectivity index (χ3v) is 5.15. The Balaban J connectivity index is 1.50. The number of imide groups is 1. The van der Waals surface area contributed by atoms with Gasteiger partial charge in [-0.1, -0.05) is 42.5 Å². The van der Waals surface area contributed by atoms with E-state index < -0.39 is 0 Å². The molecule has 1 aliphatic heterocycles. The van der Waals surface area contributed by atoms with Gasteiger partial charge in [0.1, 0.15) is 0 Å². The fourth-order valence-corrected chi connectivity index (χ4v) is 3.62. The molecule has 146 valence electrons. The first-order valence-corrected chi connectivity index (χ1v) is 9.69. The first-order chi connectivity index (χ1) is 14.7. The number of benzene rings is 3. The molecule has 0 fully saturated rings. The smallest absolute Gasteiger partial charge is 0.261 e. The van der Waals surface area contributed by atoms with Crippen LogP contribution in [0, 0.1) is 0 Å². The van der Waals surface area contributed by atoms with Gasteiger partial charge in [0.05, 0.1) is 46.6 Å². The van der Waals surface area contributed by atoms with Gasteiger partial charge in [0, 0.05) is 5.69 Å². The van der Waals surface area contributed by atoms with E-state index in [-0.39, 0.29) is 18.4 Å². The van der Waals surface area contributed by atoms with E-state index in [4.69, 9.17) is 9.97 Å². The molecule has 0 radical (unpaired) electrons. The number of amides is 2. The van der Waals surface area contributed by atoms with Crippen molar-refractivity contribution >= 4 is 28.5 Å². The SMILES string of the molecule is O=C1c2ccccc2C(=O)N1Cc1nc2ccccc2nc1CNc1ccccc1. The highest BCUT2D eigenvalue weighted by Gasteiger charge is 2.35. The van der Waals surface area contributed by atoms with Crippen molar-refractivity contribution in [1.82, 2.24) is 14.9 Å². The number of rotatable bonds is 5. The average Bonchev–Trinajstić information content (AvgIpc) is 3.03. The molecule has 30 heavy (non-hydrogen) atoms. The Labute approximate surface area is 173 Å². The van der Waals surface area contributed by atoms with Crippen molar-refractivity contribution in [3.05, 3.63) is 101 Å². The predicted octanol–water partition coefficient (Wildman–Crippen LogP) is 4.04. The van der Waals surface area contributed by atoms with Crippen LogP contribution in [0.3, 0.4) is 0 Å². The maximum absolute atomic E-state index is 12.8. The van der Waals surface area contributed by atoms with Crippen LogP contribution in [0.2, 0.25) is 0 Å². The number of para-hydroxylation sites is 3. The Bertz CT molecular complexity index is 1240. The number of hydrogen-bond acceptors (Lipinski definition) is 5. The number of carbonyl (C=O) groups is 2. The standard InChI is InChI=1S/C24H18N4O2/c29-23-17-10-4-5-11-18(17)24(30)28(23)15-22-21(14-25-16-8-2-1-3-9-16)26-19-12-6-7-13-20(19)27-22/h1-13,25H,14-15H2. The van der Waals surface area contributed by atoms with Gasteiger partial charge in [-0.3, -0.25) is 14.5 Å². The fraction of sp³-hybridized carbons (Fsp3) is 0.0833. The van der Waals surface area contributed by atoms with Crippen LogP contribution in [-0.4, -0.2) is 26.7 Å². The van der Waals surface area contributed by atoms with Gasteiger partial charge in [-0.15, -0.1) is 0 Å². The first-order valence-electron chi connectivity index (χ1n) is 9.69. The summed E-state index contributed by atoms with van der Waals surface area (Å²) in [5, 5.41) is 3.34. The summed E-state index contributed by atoms with van der Waals surface area (Å²) >= 11 is 0. The molecule has 1 aromatic heterocycles. The molecule has 0 spiro atoms. The molecule has 6 heteroatoms. The molecular formula is C24H18N4O2. The fourth-order valence-electron chi connectivity index (χ4n) is 3.62. The van der Waals surface area contributed by atoms with E-state index in [1.54, 1.807) is 24.3 Å². The predicted molar refractivity (Wildman–Crippen MR) is 114 cm³/mol. The van der Waals surface area contributed by atoms with E-state index in [2.05, 4.69) is 5.32 Å². The highest BCUT2D eigenvalue weighted by molar-refractivity contribution is 6.21. The van der Waals surface area contributed by atoms with E-state index in [0.29, 0.717) is 29.1 Å². The average molecular weight is 394 g/mol. The van der Waals surface area contributed by atoms with Gasteiger partial charge in [-0.2, -0.15) is 0 Å². The number of anilines is 1. The Morgan fingerprint density at radius 1 is 0.667 bits per heavy atom. The van der Waals surface area contributed by atoms with E-state index >= 15 is 0 Å². The van der Waals surface area contributed by atoms with Crippen molar-refractivity contribution in [2.75, 3.05) is 5.32 Å². The van der Waals surface area contributed by atoms with Crippen LogP contribution < -0.4 is 5.32 Å². The lowest BCUT2D eigenvalue weighted by molar-refractivity contribution is 0.0640. The normalized spacial score (nSPS) is 13.0. The Morgan fingerprint density at radius 3 is 1.83 bits per heavy atom. The van der Waals surface area contributed by atoms with Gasteiger partial charge in [0.2, 0.25) is 0 Å². The van der Waals surface area contributed by atoms with E-state index in [1.165, 1.54) is 4.90 Å². The summed E-state index contributed by atoms with van der Waals surface area (Å²) < 4.78 is 0. The lowest BCUT2D eigenvalue weighted by Gasteiger charge is -2.17. The van der Waals surface area contributed by atoms with Crippen LogP contribution >= 0.6 is 0 Å². The zero-order valence-corrected chi connectivity index (χ0v) is 16.1. The maximum atomic E-state index is 12.8. The Hall–Kier alpha value is -4.06. The van der Waals surface area contributed by atoms with Crippen LogP contribution in [0.5, 0.6) is 0 Å². The van der Waals surface area contributed by atoms with Gasteiger partial charge < -0.3 is 5.32 Å². The molecule has 0 saturated heterocycles. The molecule has 0 unspecified atom stereocenters. The van der Waals surface area contributed by atoms with Crippen molar-refractivity contribution in [3.8, 4) is 0 Å². The number of carbonyl (C=O) groups excluding carboxylic acids is 2. The number of aromatic nitrogens is 2. The Morgan fingerprint density at radius 2 is 1.20 bits per heavy atom. The summed E-state index contributed by atoms with van der Waals surface area (Å²) in [5.41, 5.74) is 4.63. The van der Waals surface area contributed by atoms with Crippen LogP contribution in [0.1, 0.15) is 32.1 Å². The van der Waals surface area contributed by atoms with Gasteiger partial charge in [-0.05, 0) is 36.4 Å². The number of nitrogens with zero attached hydrogens (tertiary/aromatic N) is 3. The van der Waals surface area contributed by atoms with E-state index in [0.717, 1.165) is 16.7 Å².